The zero-order chi connectivity index (χ0) is 22.7. The summed E-state index contributed by atoms with van der Waals surface area (Å²) in [5, 5.41) is 3.22. The highest BCUT2D eigenvalue weighted by Gasteiger charge is 2.27. The van der Waals surface area contributed by atoms with Crippen LogP contribution in [0.1, 0.15) is 58.9 Å². The van der Waals surface area contributed by atoms with Crippen LogP contribution in [0.25, 0.3) is 0 Å². The number of rotatable bonds is 4. The van der Waals surface area contributed by atoms with Crippen molar-refractivity contribution >= 4 is 29.1 Å². The summed E-state index contributed by atoms with van der Waals surface area (Å²) in [6.45, 7) is 2.35. The number of nitrogens with one attached hydrogen (secondary N) is 1. The molecule has 0 atom stereocenters. The topological polar surface area (TPSA) is 74.7 Å². The molecule has 1 N–H and O–H groups in total. The third-order valence-corrected chi connectivity index (χ3v) is 6.75. The molecule has 2 heterocycles. The molecule has 1 saturated heterocycles. The number of benzene rings is 1. The Labute approximate surface area is 193 Å². The summed E-state index contributed by atoms with van der Waals surface area (Å²) in [5.74, 6) is -0.761. The molecule has 1 aromatic carbocycles. The van der Waals surface area contributed by atoms with Crippen molar-refractivity contribution in [3.63, 3.8) is 0 Å². The van der Waals surface area contributed by atoms with E-state index in [9.17, 15) is 14.4 Å². The second kappa shape index (κ2) is 9.77. The number of piperazine rings is 1. The summed E-state index contributed by atoms with van der Waals surface area (Å²) in [7, 11) is 1.50. The lowest BCUT2D eigenvalue weighted by atomic mass is 9.95. The molecular weight excluding hydrogens is 428 g/mol. The number of carbonyl (C=O) groups excluding carboxylic acids is 2. The maximum Gasteiger partial charge on any atom is 0.259 e. The Hall–Kier alpha value is -2.80. The number of hydrogen-bond donors (Lipinski definition) is 1. The normalized spacial score (nSPS) is 17.3. The first-order valence-electron chi connectivity index (χ1n) is 11.3. The fourth-order valence-electron chi connectivity index (χ4n) is 4.63. The number of pyridine rings is 1. The van der Waals surface area contributed by atoms with E-state index in [0.717, 1.165) is 31.4 Å². The lowest BCUT2D eigenvalue weighted by molar-refractivity contribution is 0.0744. The Bertz CT molecular complexity index is 1040. The van der Waals surface area contributed by atoms with Gasteiger partial charge >= 0.3 is 0 Å². The van der Waals surface area contributed by atoms with Gasteiger partial charge in [-0.15, -0.1) is 0 Å². The number of hydrogen-bond acceptors (Lipinski definition) is 4. The Balaban J connectivity index is 1.56. The number of halogens is 1. The summed E-state index contributed by atoms with van der Waals surface area (Å²) >= 11 is 5.98. The Morgan fingerprint density at radius 3 is 2.19 bits per heavy atom. The SMILES string of the molecule is CNC(=O)c1cn(C2CCCCC2)cc(C(=O)N2CCN(c3ccc(Cl)cc3)CC2)c1=O. The van der Waals surface area contributed by atoms with Crippen LogP contribution in [0.3, 0.4) is 0 Å². The van der Waals surface area contributed by atoms with Crippen molar-refractivity contribution in [1.82, 2.24) is 14.8 Å². The highest BCUT2D eigenvalue weighted by Crippen LogP contribution is 2.28. The Kier molecular flexibility index (Phi) is 6.84. The average Bonchev–Trinajstić information content (AvgIpc) is 2.84. The molecule has 1 saturated carbocycles. The number of carbonyl (C=O) groups is 2. The number of aromatic nitrogens is 1. The predicted octanol–water partition coefficient (Wildman–Crippen LogP) is 3.33. The van der Waals surface area contributed by atoms with E-state index < -0.39 is 11.3 Å². The molecule has 7 nitrogen and oxygen atoms in total. The molecular formula is C24H29ClN4O3. The van der Waals surface area contributed by atoms with Crippen LogP contribution in [0.4, 0.5) is 5.69 Å². The van der Waals surface area contributed by atoms with E-state index in [4.69, 9.17) is 11.6 Å². The van der Waals surface area contributed by atoms with E-state index in [1.54, 1.807) is 17.3 Å². The predicted molar refractivity (Wildman–Crippen MR) is 126 cm³/mol. The highest BCUT2D eigenvalue weighted by atomic mass is 35.5. The molecule has 2 aromatic rings. The van der Waals surface area contributed by atoms with E-state index in [2.05, 4.69) is 10.2 Å². The van der Waals surface area contributed by atoms with Crippen LogP contribution >= 0.6 is 11.6 Å². The smallest absolute Gasteiger partial charge is 0.259 e. The molecule has 1 aromatic heterocycles. The van der Waals surface area contributed by atoms with Gasteiger partial charge in [-0.3, -0.25) is 14.4 Å². The van der Waals surface area contributed by atoms with Gasteiger partial charge < -0.3 is 19.7 Å². The van der Waals surface area contributed by atoms with Crippen LogP contribution in [0.2, 0.25) is 5.02 Å². The van der Waals surface area contributed by atoms with Crippen molar-refractivity contribution in [2.75, 3.05) is 38.1 Å². The standard InChI is InChI=1S/C24H29ClN4O3/c1-26-23(31)20-15-29(18-5-3-2-4-6-18)16-21(22(20)30)24(32)28-13-11-27(12-14-28)19-9-7-17(25)8-10-19/h7-10,15-16,18H,2-6,11-14H2,1H3,(H,26,31). The van der Waals surface area contributed by atoms with E-state index >= 15 is 0 Å². The van der Waals surface area contributed by atoms with Gasteiger partial charge in [0.1, 0.15) is 11.1 Å². The summed E-state index contributed by atoms with van der Waals surface area (Å²) in [5.41, 5.74) is 0.671. The van der Waals surface area contributed by atoms with Gasteiger partial charge in [0.15, 0.2) is 0 Å². The Morgan fingerprint density at radius 2 is 1.56 bits per heavy atom. The third-order valence-electron chi connectivity index (χ3n) is 6.50. The Morgan fingerprint density at radius 1 is 0.938 bits per heavy atom. The van der Waals surface area contributed by atoms with Gasteiger partial charge in [0.25, 0.3) is 11.8 Å². The average molecular weight is 457 g/mol. The lowest BCUT2D eigenvalue weighted by Crippen LogP contribution is -2.50. The van der Waals surface area contributed by atoms with Crippen molar-refractivity contribution in [2.24, 2.45) is 0 Å². The third kappa shape index (κ3) is 4.67. The molecule has 2 amide bonds. The largest absolute Gasteiger partial charge is 0.368 e. The van der Waals surface area contributed by atoms with Crippen molar-refractivity contribution in [1.29, 1.82) is 0 Å². The van der Waals surface area contributed by atoms with Crippen LogP contribution in [0, 0.1) is 0 Å². The molecule has 2 fully saturated rings. The fraction of sp³-hybridized carbons (Fsp3) is 0.458. The van der Waals surface area contributed by atoms with Gasteiger partial charge in [0.2, 0.25) is 5.43 Å². The summed E-state index contributed by atoms with van der Waals surface area (Å²) < 4.78 is 1.92. The van der Waals surface area contributed by atoms with Crippen LogP contribution in [-0.4, -0.2) is 54.5 Å². The quantitative estimate of drug-likeness (QED) is 0.765. The summed E-state index contributed by atoms with van der Waals surface area (Å²) in [6.07, 6.45) is 8.69. The van der Waals surface area contributed by atoms with Crippen molar-refractivity contribution < 1.29 is 9.59 Å². The monoisotopic (exact) mass is 456 g/mol. The minimum Gasteiger partial charge on any atom is -0.368 e. The van der Waals surface area contributed by atoms with E-state index in [1.807, 2.05) is 28.8 Å². The molecule has 8 heteroatoms. The van der Waals surface area contributed by atoms with Crippen molar-refractivity contribution in [3.8, 4) is 0 Å². The van der Waals surface area contributed by atoms with Gasteiger partial charge in [0, 0.05) is 62.4 Å². The van der Waals surface area contributed by atoms with Crippen LogP contribution in [0.15, 0.2) is 41.5 Å². The molecule has 0 spiro atoms. The zero-order valence-electron chi connectivity index (χ0n) is 18.3. The fourth-order valence-corrected chi connectivity index (χ4v) is 4.75. The van der Waals surface area contributed by atoms with Gasteiger partial charge in [-0.1, -0.05) is 30.9 Å². The summed E-state index contributed by atoms with van der Waals surface area (Å²) in [4.78, 5) is 42.7. The lowest BCUT2D eigenvalue weighted by Gasteiger charge is -2.36. The second-order valence-electron chi connectivity index (χ2n) is 8.49. The van der Waals surface area contributed by atoms with Gasteiger partial charge in [-0.05, 0) is 37.1 Å². The molecule has 1 aliphatic heterocycles. The van der Waals surface area contributed by atoms with Gasteiger partial charge in [-0.25, -0.2) is 0 Å². The van der Waals surface area contributed by atoms with E-state index in [1.165, 1.54) is 13.5 Å². The number of anilines is 1. The molecule has 0 unspecified atom stereocenters. The molecule has 170 valence electrons. The number of amides is 2. The minimum absolute atomic E-state index is 0.0312. The van der Waals surface area contributed by atoms with E-state index in [-0.39, 0.29) is 23.1 Å². The molecule has 4 rings (SSSR count). The van der Waals surface area contributed by atoms with Crippen LogP contribution < -0.4 is 15.6 Å². The minimum atomic E-state index is -0.499. The summed E-state index contributed by atoms with van der Waals surface area (Å²) in [6, 6.07) is 7.85. The van der Waals surface area contributed by atoms with E-state index in [0.29, 0.717) is 31.2 Å². The molecule has 0 bridgehead atoms. The first-order valence-corrected chi connectivity index (χ1v) is 11.6. The molecule has 2 aliphatic rings. The molecule has 1 aliphatic carbocycles. The maximum absolute atomic E-state index is 13.4. The maximum atomic E-state index is 13.4. The first-order chi connectivity index (χ1) is 15.5. The van der Waals surface area contributed by atoms with Crippen molar-refractivity contribution in [2.45, 2.75) is 38.1 Å². The zero-order valence-corrected chi connectivity index (χ0v) is 19.1. The second-order valence-corrected chi connectivity index (χ2v) is 8.92. The van der Waals surface area contributed by atoms with Gasteiger partial charge in [-0.2, -0.15) is 0 Å². The highest BCUT2D eigenvalue weighted by molar-refractivity contribution is 6.30. The van der Waals surface area contributed by atoms with Gasteiger partial charge in [0.05, 0.1) is 0 Å². The van der Waals surface area contributed by atoms with Crippen LogP contribution in [-0.2, 0) is 0 Å². The first kappa shape index (κ1) is 22.4. The van der Waals surface area contributed by atoms with Crippen LogP contribution in [0.5, 0.6) is 0 Å². The number of nitrogens with zero attached hydrogens (tertiary/aromatic N) is 3. The van der Waals surface area contributed by atoms with Crippen molar-refractivity contribution in [3.05, 3.63) is 63.0 Å². The molecule has 0 radical (unpaired) electrons. The molecule has 32 heavy (non-hydrogen) atoms.